The summed E-state index contributed by atoms with van der Waals surface area (Å²) in [7, 11) is 0. The predicted molar refractivity (Wildman–Crippen MR) is 62.7 cm³/mol. The Morgan fingerprint density at radius 3 is 2.00 bits per heavy atom. The van der Waals surface area contributed by atoms with Crippen molar-refractivity contribution in [1.82, 2.24) is 0 Å². The summed E-state index contributed by atoms with van der Waals surface area (Å²) in [6.07, 6.45) is 0.488. The van der Waals surface area contributed by atoms with E-state index < -0.39 is 18.2 Å². The summed E-state index contributed by atoms with van der Waals surface area (Å²) >= 11 is 0. The highest BCUT2D eigenvalue weighted by molar-refractivity contribution is 5.98. The van der Waals surface area contributed by atoms with Gasteiger partial charge in [0, 0.05) is 26.1 Å². The summed E-state index contributed by atoms with van der Waals surface area (Å²) in [5.74, 6) is -2.22. The lowest BCUT2D eigenvalue weighted by molar-refractivity contribution is -0.152. The Morgan fingerprint density at radius 1 is 1.12 bits per heavy atom. The van der Waals surface area contributed by atoms with Crippen molar-refractivity contribution >= 4 is 11.8 Å². The van der Waals surface area contributed by atoms with Crippen molar-refractivity contribution in [2.24, 2.45) is 5.92 Å². The van der Waals surface area contributed by atoms with Gasteiger partial charge in [0.1, 0.15) is 11.7 Å². The lowest BCUT2D eigenvalue weighted by atomic mass is 9.98. The molecule has 0 radical (unpaired) electrons. The Labute approximate surface area is 102 Å². The zero-order valence-corrected chi connectivity index (χ0v) is 10.8. The van der Waals surface area contributed by atoms with Crippen LogP contribution in [-0.4, -0.2) is 36.4 Å². The Bertz CT molecular complexity index is 233. The smallest absolute Gasteiger partial charge is 0.314 e. The minimum Gasteiger partial charge on any atom is -0.481 e. The number of hydrogen-bond acceptors (Lipinski definition) is 4. The molecule has 0 aliphatic rings. The van der Waals surface area contributed by atoms with E-state index in [2.05, 4.69) is 0 Å². The molecule has 1 atom stereocenters. The summed E-state index contributed by atoms with van der Waals surface area (Å²) in [6, 6.07) is 0. The number of ether oxygens (including phenoxy) is 2. The van der Waals surface area contributed by atoms with Crippen molar-refractivity contribution in [2.45, 2.75) is 46.3 Å². The molecule has 0 aromatic heterocycles. The van der Waals surface area contributed by atoms with Crippen LogP contribution >= 0.6 is 0 Å². The van der Waals surface area contributed by atoms with Gasteiger partial charge in [-0.3, -0.25) is 9.59 Å². The van der Waals surface area contributed by atoms with E-state index in [4.69, 9.17) is 14.6 Å². The van der Waals surface area contributed by atoms with Crippen LogP contribution in [0.2, 0.25) is 0 Å². The predicted octanol–water partition coefficient (Wildman–Crippen LogP) is 1.85. The zero-order valence-electron chi connectivity index (χ0n) is 10.8. The van der Waals surface area contributed by atoms with Crippen LogP contribution in [0.15, 0.2) is 0 Å². The van der Waals surface area contributed by atoms with E-state index in [-0.39, 0.29) is 12.2 Å². The summed E-state index contributed by atoms with van der Waals surface area (Å²) in [5, 5.41) is 8.83. The van der Waals surface area contributed by atoms with Crippen molar-refractivity contribution in [3.8, 4) is 0 Å². The summed E-state index contributed by atoms with van der Waals surface area (Å²) in [5.41, 5.74) is 0. The lowest BCUT2D eigenvalue weighted by Gasteiger charge is -2.17. The summed E-state index contributed by atoms with van der Waals surface area (Å²) < 4.78 is 10.6. The Kier molecular flexibility index (Phi) is 8.62. The van der Waals surface area contributed by atoms with Gasteiger partial charge in [0.2, 0.25) is 0 Å². The zero-order chi connectivity index (χ0) is 13.3. The number of Topliss-reactive ketones (excluding diaryl/α,β-unsaturated/α-hetero) is 1. The SMILES string of the molecule is CCOC(CCC(=O)C(CC)C(=O)O)OCC. The second-order valence-corrected chi connectivity index (χ2v) is 3.64. The summed E-state index contributed by atoms with van der Waals surface area (Å²) in [4.78, 5) is 22.4. The first-order chi connectivity index (χ1) is 8.06. The molecule has 0 heterocycles. The molecule has 5 nitrogen and oxygen atoms in total. The van der Waals surface area contributed by atoms with E-state index in [0.29, 0.717) is 26.1 Å². The van der Waals surface area contributed by atoms with Gasteiger partial charge in [-0.2, -0.15) is 0 Å². The van der Waals surface area contributed by atoms with Gasteiger partial charge in [0.05, 0.1) is 0 Å². The van der Waals surface area contributed by atoms with Crippen LogP contribution in [0.25, 0.3) is 0 Å². The molecule has 1 unspecified atom stereocenters. The minimum atomic E-state index is -1.05. The molecule has 17 heavy (non-hydrogen) atoms. The molecule has 0 saturated carbocycles. The number of hydrogen-bond donors (Lipinski definition) is 1. The Balaban J connectivity index is 4.14. The first-order valence-corrected chi connectivity index (χ1v) is 6.05. The first kappa shape index (κ1) is 16.1. The van der Waals surface area contributed by atoms with E-state index >= 15 is 0 Å². The lowest BCUT2D eigenvalue weighted by Crippen LogP contribution is -2.25. The van der Waals surface area contributed by atoms with Gasteiger partial charge in [-0.25, -0.2) is 0 Å². The van der Waals surface area contributed by atoms with Crippen LogP contribution in [0.4, 0.5) is 0 Å². The van der Waals surface area contributed by atoms with Gasteiger partial charge in [-0.15, -0.1) is 0 Å². The number of carbonyl (C=O) groups is 2. The second kappa shape index (κ2) is 9.13. The fraction of sp³-hybridized carbons (Fsp3) is 0.833. The van der Waals surface area contributed by atoms with Gasteiger partial charge in [0.15, 0.2) is 6.29 Å². The molecule has 0 spiro atoms. The van der Waals surface area contributed by atoms with Gasteiger partial charge < -0.3 is 14.6 Å². The third-order valence-electron chi connectivity index (χ3n) is 2.43. The molecule has 0 aromatic rings. The average molecular weight is 246 g/mol. The van der Waals surface area contributed by atoms with Crippen molar-refractivity contribution in [3.05, 3.63) is 0 Å². The molecule has 0 saturated heterocycles. The monoisotopic (exact) mass is 246 g/mol. The fourth-order valence-corrected chi connectivity index (χ4v) is 1.56. The maximum atomic E-state index is 11.6. The third-order valence-corrected chi connectivity index (χ3v) is 2.43. The minimum absolute atomic E-state index is 0.176. The van der Waals surface area contributed by atoms with Gasteiger partial charge in [-0.1, -0.05) is 6.92 Å². The van der Waals surface area contributed by atoms with E-state index in [9.17, 15) is 9.59 Å². The largest absolute Gasteiger partial charge is 0.481 e. The maximum Gasteiger partial charge on any atom is 0.314 e. The molecule has 0 fully saturated rings. The number of carbonyl (C=O) groups excluding carboxylic acids is 1. The molecule has 0 aliphatic carbocycles. The molecule has 0 aliphatic heterocycles. The van der Waals surface area contributed by atoms with E-state index in [1.165, 1.54) is 0 Å². The highest BCUT2D eigenvalue weighted by Gasteiger charge is 2.24. The highest BCUT2D eigenvalue weighted by Crippen LogP contribution is 2.12. The number of carboxylic acids is 1. The van der Waals surface area contributed by atoms with Crippen molar-refractivity contribution in [1.29, 1.82) is 0 Å². The molecule has 0 rings (SSSR count). The van der Waals surface area contributed by atoms with Gasteiger partial charge in [-0.05, 0) is 20.3 Å². The normalized spacial score (nSPS) is 12.7. The van der Waals surface area contributed by atoms with Crippen LogP contribution in [0.5, 0.6) is 0 Å². The van der Waals surface area contributed by atoms with E-state index in [0.717, 1.165) is 0 Å². The van der Waals surface area contributed by atoms with E-state index in [1.807, 2.05) is 13.8 Å². The highest BCUT2D eigenvalue weighted by atomic mass is 16.7. The van der Waals surface area contributed by atoms with Crippen molar-refractivity contribution in [2.75, 3.05) is 13.2 Å². The topological polar surface area (TPSA) is 72.8 Å². The van der Waals surface area contributed by atoms with Crippen LogP contribution in [0, 0.1) is 5.92 Å². The molecule has 0 bridgehead atoms. The standard InChI is InChI=1S/C12H22O5/c1-4-9(12(14)15)10(13)7-8-11(16-5-2)17-6-3/h9,11H,4-8H2,1-3H3,(H,14,15). The Hall–Kier alpha value is -0.940. The second-order valence-electron chi connectivity index (χ2n) is 3.64. The van der Waals surface area contributed by atoms with Crippen molar-refractivity contribution < 1.29 is 24.2 Å². The van der Waals surface area contributed by atoms with Gasteiger partial charge in [0.25, 0.3) is 0 Å². The molecular weight excluding hydrogens is 224 g/mol. The van der Waals surface area contributed by atoms with Crippen LogP contribution in [-0.2, 0) is 19.1 Å². The molecular formula is C12H22O5. The number of ketones is 1. The van der Waals surface area contributed by atoms with E-state index in [1.54, 1.807) is 6.92 Å². The van der Waals surface area contributed by atoms with Crippen molar-refractivity contribution in [3.63, 3.8) is 0 Å². The first-order valence-electron chi connectivity index (χ1n) is 6.05. The number of aliphatic carboxylic acids is 1. The summed E-state index contributed by atoms with van der Waals surface area (Å²) in [6.45, 7) is 6.41. The average Bonchev–Trinajstić information content (AvgIpc) is 2.27. The molecule has 0 aromatic carbocycles. The van der Waals surface area contributed by atoms with Crippen LogP contribution in [0.3, 0.4) is 0 Å². The van der Waals surface area contributed by atoms with Gasteiger partial charge >= 0.3 is 5.97 Å². The molecule has 0 amide bonds. The molecule has 5 heteroatoms. The molecule has 100 valence electrons. The fourth-order valence-electron chi connectivity index (χ4n) is 1.56. The number of carboxylic acid groups (broad SMARTS) is 1. The number of rotatable bonds is 10. The van der Waals surface area contributed by atoms with Crippen LogP contribution in [0.1, 0.15) is 40.0 Å². The van der Waals surface area contributed by atoms with Crippen LogP contribution < -0.4 is 0 Å². The third kappa shape index (κ3) is 6.38. The maximum absolute atomic E-state index is 11.6. The quantitative estimate of drug-likeness (QED) is 0.470. The Morgan fingerprint density at radius 2 is 1.65 bits per heavy atom. The molecule has 1 N–H and O–H groups in total.